The van der Waals surface area contributed by atoms with Crippen LogP contribution in [-0.2, 0) is 24.9 Å². The van der Waals surface area contributed by atoms with E-state index in [-0.39, 0.29) is 6.61 Å². The number of fused-ring (bicyclic) bond motifs is 2. The Morgan fingerprint density at radius 2 is 1.16 bits per heavy atom. The molecule has 0 aliphatic carbocycles. The Bertz CT molecular complexity index is 1160. The van der Waals surface area contributed by atoms with Crippen molar-refractivity contribution in [3.8, 4) is 0 Å². The van der Waals surface area contributed by atoms with Crippen molar-refractivity contribution in [1.29, 1.82) is 0 Å². The van der Waals surface area contributed by atoms with Gasteiger partial charge in [0.2, 0.25) is 0 Å². The van der Waals surface area contributed by atoms with Gasteiger partial charge in [0.15, 0.2) is 0 Å². The fourth-order valence-electron chi connectivity index (χ4n) is 4.72. The maximum absolute atomic E-state index is 9.55. The molecule has 0 aromatic heterocycles. The Morgan fingerprint density at radius 1 is 0.698 bits per heavy atom. The smallest absolute Gasteiger partial charge is 0.328 e. The zero-order valence-corrected chi connectivity index (χ0v) is 24.6. The Kier molecular flexibility index (Phi) is 15.8. The summed E-state index contributed by atoms with van der Waals surface area (Å²) in [6.07, 6.45) is 4.68. The fourth-order valence-corrected chi connectivity index (χ4v) is 5.85. The number of aliphatic carboxylic acids is 4. The van der Waals surface area contributed by atoms with E-state index in [4.69, 9.17) is 25.5 Å². The van der Waals surface area contributed by atoms with Gasteiger partial charge in [0.05, 0.1) is 6.61 Å². The summed E-state index contributed by atoms with van der Waals surface area (Å²) < 4.78 is 0. The number of benzene rings is 2. The Labute approximate surface area is 254 Å². The summed E-state index contributed by atoms with van der Waals surface area (Å²) in [6.45, 7) is 6.72. The number of piperazine rings is 1. The highest BCUT2D eigenvalue weighted by Crippen LogP contribution is 2.42. The monoisotopic (exact) mass is 614 g/mol. The van der Waals surface area contributed by atoms with Gasteiger partial charge >= 0.3 is 23.9 Å². The van der Waals surface area contributed by atoms with Gasteiger partial charge in [0, 0.05) is 73.6 Å². The highest BCUT2D eigenvalue weighted by atomic mass is 32.2. The van der Waals surface area contributed by atoms with Crippen molar-refractivity contribution in [3.63, 3.8) is 0 Å². The quantitative estimate of drug-likeness (QED) is 0.247. The van der Waals surface area contributed by atoms with E-state index in [1.54, 1.807) is 0 Å². The number of β-amino-alcohol motifs (C(OH)–C–C–N with tert-alkyl or cyclic N) is 1. The minimum absolute atomic E-state index is 0.276. The molecule has 2 aromatic rings. The highest BCUT2D eigenvalue weighted by Gasteiger charge is 2.24. The lowest BCUT2D eigenvalue weighted by atomic mass is 9.85. The second kappa shape index (κ2) is 19.3. The molecule has 232 valence electrons. The van der Waals surface area contributed by atoms with E-state index in [0.29, 0.717) is 30.2 Å². The summed E-state index contributed by atoms with van der Waals surface area (Å²) in [6, 6.07) is 18.0. The lowest BCUT2D eigenvalue weighted by molar-refractivity contribution is -0.134. The number of aliphatic hydroxyl groups is 1. The van der Waals surface area contributed by atoms with Gasteiger partial charge < -0.3 is 30.4 Å². The molecule has 5 N–H and O–H groups in total. The van der Waals surface area contributed by atoms with Gasteiger partial charge in [-0.2, -0.15) is 0 Å². The van der Waals surface area contributed by atoms with Crippen LogP contribution in [0.15, 0.2) is 77.7 Å². The normalized spacial score (nSPS) is 16.5. The molecular formula is C31H38N2O9S. The van der Waals surface area contributed by atoms with Crippen molar-refractivity contribution < 1.29 is 44.7 Å². The summed E-state index contributed by atoms with van der Waals surface area (Å²) in [4.78, 5) is 44.6. The Morgan fingerprint density at radius 3 is 1.67 bits per heavy atom. The van der Waals surface area contributed by atoms with E-state index in [1.165, 1.54) is 41.0 Å². The minimum atomic E-state index is -1.26. The molecule has 0 spiro atoms. The molecule has 43 heavy (non-hydrogen) atoms. The molecule has 0 saturated carbocycles. The maximum atomic E-state index is 9.55. The Hall–Kier alpha value is -3.97. The van der Waals surface area contributed by atoms with Crippen LogP contribution in [0.25, 0.3) is 0 Å². The minimum Gasteiger partial charge on any atom is -0.478 e. The van der Waals surface area contributed by atoms with Crippen LogP contribution in [0.5, 0.6) is 0 Å². The average Bonchev–Trinajstić information content (AvgIpc) is 3.14. The zero-order valence-electron chi connectivity index (χ0n) is 23.7. The van der Waals surface area contributed by atoms with Crippen molar-refractivity contribution >= 4 is 35.6 Å². The largest absolute Gasteiger partial charge is 0.478 e. The third-order valence-electron chi connectivity index (χ3n) is 6.69. The number of aliphatic hydroxyl groups excluding tert-OH is 1. The number of hydrogen-bond donors (Lipinski definition) is 5. The van der Waals surface area contributed by atoms with Crippen LogP contribution in [0.4, 0.5) is 0 Å². The van der Waals surface area contributed by atoms with Crippen LogP contribution < -0.4 is 0 Å². The van der Waals surface area contributed by atoms with Gasteiger partial charge in [-0.1, -0.05) is 42.5 Å². The molecule has 0 amide bonds. The van der Waals surface area contributed by atoms with Crippen molar-refractivity contribution in [2.24, 2.45) is 0 Å². The standard InChI is InChI=1S/C23H30N2OS.2C4H4O4/c26-17-16-25-14-12-24(13-15-25)11-5-9-21-20-7-2-1-6-19(20)18-27-23-10-4-3-8-22(21)23;2*5-3(6)1-2-4(7)8/h1-4,6-8,10,21,26H,5,9,11-18H2;2*1-2H,(H,5,6)(H,7,8)/b;2*2-1-. The Balaban J connectivity index is 0.000000334. The molecule has 1 fully saturated rings. The molecule has 2 heterocycles. The van der Waals surface area contributed by atoms with Crippen molar-refractivity contribution in [1.82, 2.24) is 9.80 Å². The lowest BCUT2D eigenvalue weighted by Gasteiger charge is -2.34. The number of rotatable bonds is 10. The zero-order chi connectivity index (χ0) is 31.6. The van der Waals surface area contributed by atoms with Crippen LogP contribution in [-0.4, -0.2) is 105 Å². The number of thioether (sulfide) groups is 1. The number of nitrogens with zero attached hydrogens (tertiary/aromatic N) is 2. The van der Waals surface area contributed by atoms with Crippen LogP contribution in [0, 0.1) is 0 Å². The van der Waals surface area contributed by atoms with Crippen molar-refractivity contribution in [3.05, 3.63) is 89.5 Å². The van der Waals surface area contributed by atoms with Gasteiger partial charge in [-0.25, -0.2) is 19.2 Å². The molecular weight excluding hydrogens is 576 g/mol. The summed E-state index contributed by atoms with van der Waals surface area (Å²) >= 11 is 1.99. The maximum Gasteiger partial charge on any atom is 0.328 e. The molecule has 4 rings (SSSR count). The molecule has 0 radical (unpaired) electrons. The first-order valence-corrected chi connectivity index (χ1v) is 14.7. The van der Waals surface area contributed by atoms with Crippen molar-refractivity contribution in [2.45, 2.75) is 29.4 Å². The van der Waals surface area contributed by atoms with Crippen LogP contribution in [0.1, 0.15) is 35.4 Å². The molecule has 1 unspecified atom stereocenters. The van der Waals surface area contributed by atoms with Gasteiger partial charge in [-0.05, 0) is 42.1 Å². The predicted molar refractivity (Wildman–Crippen MR) is 162 cm³/mol. The van der Waals surface area contributed by atoms with Crippen LogP contribution in [0.3, 0.4) is 0 Å². The first kappa shape index (κ1) is 35.2. The fraction of sp³-hybridized carbons (Fsp3) is 0.355. The molecule has 2 aliphatic heterocycles. The third kappa shape index (κ3) is 13.7. The van der Waals surface area contributed by atoms with Crippen molar-refractivity contribution in [2.75, 3.05) is 45.9 Å². The van der Waals surface area contributed by atoms with Crippen LogP contribution >= 0.6 is 11.8 Å². The van der Waals surface area contributed by atoms with Gasteiger partial charge in [-0.3, -0.25) is 4.90 Å². The SMILES string of the molecule is O=C(O)/C=C\C(=O)O.O=C(O)/C=C\C(=O)O.OCCN1CCN(CCCC2c3ccccc3CSc3ccccc32)CC1. The molecule has 2 aliphatic rings. The molecule has 1 saturated heterocycles. The van der Waals surface area contributed by atoms with E-state index in [9.17, 15) is 19.2 Å². The third-order valence-corrected chi connectivity index (χ3v) is 7.83. The summed E-state index contributed by atoms with van der Waals surface area (Å²) in [7, 11) is 0. The topological polar surface area (TPSA) is 176 Å². The van der Waals surface area contributed by atoms with Gasteiger partial charge in [-0.15, -0.1) is 11.8 Å². The number of hydrogen-bond acceptors (Lipinski definition) is 8. The first-order valence-electron chi connectivity index (χ1n) is 13.7. The predicted octanol–water partition coefficient (Wildman–Crippen LogP) is 3.24. The van der Waals surface area contributed by atoms with Gasteiger partial charge in [0.1, 0.15) is 0 Å². The number of carboxylic acids is 4. The second-order valence-corrected chi connectivity index (χ2v) is 10.7. The average molecular weight is 615 g/mol. The molecule has 11 nitrogen and oxygen atoms in total. The lowest BCUT2D eigenvalue weighted by Crippen LogP contribution is -2.47. The number of carboxylic acid groups (broad SMARTS) is 4. The number of carbonyl (C=O) groups is 4. The summed E-state index contributed by atoms with van der Waals surface area (Å²) in [5.41, 5.74) is 4.55. The van der Waals surface area contributed by atoms with E-state index >= 15 is 0 Å². The van der Waals surface area contributed by atoms with E-state index < -0.39 is 23.9 Å². The first-order chi connectivity index (χ1) is 20.6. The highest BCUT2D eigenvalue weighted by molar-refractivity contribution is 7.98. The molecule has 1 atom stereocenters. The van der Waals surface area contributed by atoms with Gasteiger partial charge in [0.25, 0.3) is 0 Å². The summed E-state index contributed by atoms with van der Waals surface area (Å²) in [5.74, 6) is -3.43. The second-order valence-electron chi connectivity index (χ2n) is 9.65. The molecule has 2 aromatic carbocycles. The van der Waals surface area contributed by atoms with E-state index in [2.05, 4.69) is 58.3 Å². The van der Waals surface area contributed by atoms with Crippen LogP contribution in [0.2, 0.25) is 0 Å². The van der Waals surface area contributed by atoms with E-state index in [0.717, 1.165) is 38.5 Å². The molecule has 0 bridgehead atoms. The van der Waals surface area contributed by atoms with E-state index in [1.807, 2.05) is 11.8 Å². The summed E-state index contributed by atoms with van der Waals surface area (Å²) in [5, 5.41) is 40.3. The molecule has 12 heteroatoms.